The number of piperazine rings is 1. The fourth-order valence-electron chi connectivity index (χ4n) is 5.89. The maximum atomic E-state index is 13.5. The lowest BCUT2D eigenvalue weighted by Gasteiger charge is -2.36. The molecule has 0 radical (unpaired) electrons. The summed E-state index contributed by atoms with van der Waals surface area (Å²) in [5, 5.41) is 5.63. The van der Waals surface area contributed by atoms with Gasteiger partial charge in [-0.15, -0.1) is 0 Å². The van der Waals surface area contributed by atoms with Gasteiger partial charge in [0.15, 0.2) is 9.84 Å². The van der Waals surface area contributed by atoms with Crippen molar-refractivity contribution in [1.82, 2.24) is 20.5 Å². The van der Waals surface area contributed by atoms with E-state index in [1.165, 1.54) is 0 Å². The van der Waals surface area contributed by atoms with Crippen LogP contribution in [0.1, 0.15) is 60.4 Å². The monoisotopic (exact) mass is 536 g/mol. The van der Waals surface area contributed by atoms with Crippen molar-refractivity contribution in [3.05, 3.63) is 75.3 Å². The molecule has 2 aliphatic carbocycles. The molecule has 1 aromatic rings. The fourth-order valence-corrected chi connectivity index (χ4v) is 7.52. The zero-order valence-electron chi connectivity index (χ0n) is 22.4. The number of H-pyrrole nitrogens is 1. The van der Waals surface area contributed by atoms with Crippen molar-refractivity contribution in [2.24, 2.45) is 0 Å². The summed E-state index contributed by atoms with van der Waals surface area (Å²) in [4.78, 5) is 31.6. The van der Waals surface area contributed by atoms with Crippen LogP contribution < -0.4 is 10.6 Å². The molecular formula is C29H36N4O4S. The van der Waals surface area contributed by atoms with Gasteiger partial charge in [-0.2, -0.15) is 0 Å². The molecule has 2 saturated heterocycles. The molecule has 0 aromatic carbocycles. The third kappa shape index (κ3) is 5.09. The van der Waals surface area contributed by atoms with Gasteiger partial charge in [-0.3, -0.25) is 9.59 Å². The van der Waals surface area contributed by atoms with Crippen LogP contribution in [0.4, 0.5) is 0 Å². The molecule has 2 amide bonds. The first kappa shape index (κ1) is 26.4. The van der Waals surface area contributed by atoms with Gasteiger partial charge in [-0.1, -0.05) is 30.4 Å². The van der Waals surface area contributed by atoms with Crippen LogP contribution >= 0.6 is 0 Å². The predicted molar refractivity (Wildman–Crippen MR) is 149 cm³/mol. The SMILES string of the molecule is Cc1[nH]c(C=C2C(=O)NC3=CCC(S(=O)(=O)CC4=CCCC=C4)C=C32)c(C)c1C(=O)N1C[C@@H](C)N[C@@H](C)C1. The van der Waals surface area contributed by atoms with E-state index in [-0.39, 0.29) is 29.7 Å². The van der Waals surface area contributed by atoms with E-state index in [0.717, 1.165) is 29.7 Å². The minimum atomic E-state index is -3.45. The number of carbonyl (C=O) groups excluding carboxylic acids is 2. The Morgan fingerprint density at radius 2 is 1.87 bits per heavy atom. The summed E-state index contributed by atoms with van der Waals surface area (Å²) in [6.07, 6.45) is 13.2. The number of hydrogen-bond acceptors (Lipinski definition) is 5. The Labute approximate surface area is 224 Å². The molecule has 0 bridgehead atoms. The molecule has 8 nitrogen and oxygen atoms in total. The number of nitrogens with zero attached hydrogens (tertiary/aromatic N) is 1. The Morgan fingerprint density at radius 1 is 1.13 bits per heavy atom. The normalized spacial score (nSPS) is 26.6. The summed E-state index contributed by atoms with van der Waals surface area (Å²) in [5.74, 6) is -0.306. The Morgan fingerprint density at radius 3 is 2.55 bits per heavy atom. The number of rotatable bonds is 5. The second-order valence-electron chi connectivity index (χ2n) is 10.9. The van der Waals surface area contributed by atoms with Crippen molar-refractivity contribution < 1.29 is 18.0 Å². The fraction of sp³-hybridized carbons (Fsp3) is 0.448. The zero-order valence-corrected chi connectivity index (χ0v) is 23.2. The molecule has 1 aromatic heterocycles. The lowest BCUT2D eigenvalue weighted by Crippen LogP contribution is -2.55. The number of amides is 2. The van der Waals surface area contributed by atoms with Gasteiger partial charge in [0.1, 0.15) is 0 Å². The van der Waals surface area contributed by atoms with Crippen LogP contribution in [-0.4, -0.2) is 66.3 Å². The summed E-state index contributed by atoms with van der Waals surface area (Å²) >= 11 is 0. The smallest absolute Gasteiger partial charge is 0.256 e. The van der Waals surface area contributed by atoms with E-state index < -0.39 is 15.1 Å². The van der Waals surface area contributed by atoms with E-state index in [2.05, 4.69) is 29.5 Å². The first-order valence-electron chi connectivity index (χ1n) is 13.3. The van der Waals surface area contributed by atoms with Crippen molar-refractivity contribution in [1.29, 1.82) is 0 Å². The number of aromatic nitrogens is 1. The number of carbonyl (C=O) groups is 2. The first-order chi connectivity index (χ1) is 18.0. The molecule has 1 unspecified atom stereocenters. The van der Waals surface area contributed by atoms with Crippen molar-refractivity contribution in [2.75, 3.05) is 18.8 Å². The van der Waals surface area contributed by atoms with Gasteiger partial charge < -0.3 is 20.5 Å². The van der Waals surface area contributed by atoms with Gasteiger partial charge >= 0.3 is 0 Å². The summed E-state index contributed by atoms with van der Waals surface area (Å²) in [5.41, 5.74) is 5.30. The number of hydrogen-bond donors (Lipinski definition) is 3. The predicted octanol–water partition coefficient (Wildman–Crippen LogP) is 3.24. The van der Waals surface area contributed by atoms with Crippen molar-refractivity contribution >= 4 is 27.7 Å². The highest BCUT2D eigenvalue weighted by Crippen LogP contribution is 2.34. The summed E-state index contributed by atoms with van der Waals surface area (Å²) in [6.45, 7) is 9.16. The molecule has 3 heterocycles. The van der Waals surface area contributed by atoms with E-state index >= 15 is 0 Å². The van der Waals surface area contributed by atoms with Crippen LogP contribution in [0, 0.1) is 13.8 Å². The quantitative estimate of drug-likeness (QED) is 0.501. The van der Waals surface area contributed by atoms with Gasteiger partial charge in [0.2, 0.25) is 0 Å². The second kappa shape index (κ2) is 10.2. The Bertz CT molecular complexity index is 1430. The summed E-state index contributed by atoms with van der Waals surface area (Å²) < 4.78 is 26.5. The number of sulfone groups is 1. The minimum absolute atomic E-state index is 0.00873. The first-order valence-corrected chi connectivity index (χ1v) is 15.0. The van der Waals surface area contributed by atoms with E-state index in [1.807, 2.05) is 37.0 Å². The lowest BCUT2D eigenvalue weighted by molar-refractivity contribution is -0.115. The topological polar surface area (TPSA) is 111 Å². The van der Waals surface area contributed by atoms with E-state index in [9.17, 15) is 18.0 Å². The third-order valence-corrected chi connectivity index (χ3v) is 9.69. The highest BCUT2D eigenvalue weighted by atomic mass is 32.2. The molecule has 3 atom stereocenters. The molecule has 4 aliphatic rings. The Balaban J connectivity index is 1.44. The van der Waals surface area contributed by atoms with Gasteiger partial charge in [-0.25, -0.2) is 8.42 Å². The lowest BCUT2D eigenvalue weighted by atomic mass is 9.98. The molecule has 2 aliphatic heterocycles. The van der Waals surface area contributed by atoms with Crippen LogP contribution in [0.25, 0.3) is 6.08 Å². The van der Waals surface area contributed by atoms with Gasteiger partial charge in [0, 0.05) is 47.8 Å². The van der Waals surface area contributed by atoms with Gasteiger partial charge in [-0.05, 0) is 64.2 Å². The zero-order chi connectivity index (χ0) is 27.2. The number of aromatic amines is 1. The molecule has 3 N–H and O–H groups in total. The molecule has 0 spiro atoms. The summed E-state index contributed by atoms with van der Waals surface area (Å²) in [7, 11) is -3.45. The Kier molecular flexibility index (Phi) is 7.09. The molecule has 2 fully saturated rings. The highest BCUT2D eigenvalue weighted by Gasteiger charge is 2.35. The van der Waals surface area contributed by atoms with Crippen molar-refractivity contribution in [3.63, 3.8) is 0 Å². The van der Waals surface area contributed by atoms with Gasteiger partial charge in [0.05, 0.1) is 22.1 Å². The number of fused-ring (bicyclic) bond motifs is 1. The molecule has 5 rings (SSSR count). The van der Waals surface area contributed by atoms with Gasteiger partial charge in [0.25, 0.3) is 11.8 Å². The van der Waals surface area contributed by atoms with E-state index in [0.29, 0.717) is 47.6 Å². The largest absolute Gasteiger partial charge is 0.358 e. The molecule has 0 saturated carbocycles. The van der Waals surface area contributed by atoms with Crippen LogP contribution in [0.5, 0.6) is 0 Å². The molecular weight excluding hydrogens is 500 g/mol. The van der Waals surface area contributed by atoms with Crippen LogP contribution in [-0.2, 0) is 14.6 Å². The maximum Gasteiger partial charge on any atom is 0.256 e. The van der Waals surface area contributed by atoms with Crippen LogP contribution in [0.2, 0.25) is 0 Å². The van der Waals surface area contributed by atoms with E-state index in [1.54, 1.807) is 18.2 Å². The third-order valence-electron chi connectivity index (χ3n) is 7.70. The highest BCUT2D eigenvalue weighted by molar-refractivity contribution is 7.92. The van der Waals surface area contributed by atoms with Crippen molar-refractivity contribution in [3.8, 4) is 0 Å². The Hall–Kier alpha value is -3.17. The maximum absolute atomic E-state index is 13.5. The average Bonchev–Trinajstić information content (AvgIpc) is 3.32. The molecule has 9 heteroatoms. The molecule has 202 valence electrons. The number of nitrogens with one attached hydrogen (secondary N) is 3. The average molecular weight is 537 g/mol. The van der Waals surface area contributed by atoms with E-state index in [4.69, 9.17) is 0 Å². The minimum Gasteiger partial charge on any atom is -0.358 e. The number of aryl methyl sites for hydroxylation is 1. The number of allylic oxidation sites excluding steroid dienone is 5. The summed E-state index contributed by atoms with van der Waals surface area (Å²) in [6, 6.07) is 0.424. The van der Waals surface area contributed by atoms with Crippen molar-refractivity contribution in [2.45, 2.75) is 64.3 Å². The standard InChI is InChI=1S/C29H36N4O4S/c1-17-14-33(15-18(2)30-17)29(35)27-19(3)26(31-20(27)4)13-24-23-12-22(10-11-25(23)32-28(24)34)38(36,37)16-21-8-6-5-7-9-21/h6,8-9,11-13,17-18,22,30-31H,5,7,10,14-16H2,1-4H3,(H,32,34)/t17-,18+,22?. The second-order valence-corrected chi connectivity index (χ2v) is 13.1. The van der Waals surface area contributed by atoms with Crippen LogP contribution in [0.3, 0.4) is 0 Å². The molecule has 38 heavy (non-hydrogen) atoms. The van der Waals surface area contributed by atoms with Crippen LogP contribution in [0.15, 0.2) is 52.8 Å².